The first-order valence-electron chi connectivity index (χ1n) is 5.69. The van der Waals surface area contributed by atoms with E-state index >= 15 is 0 Å². The molecule has 0 unspecified atom stereocenters. The first-order valence-corrected chi connectivity index (χ1v) is 5.69. The van der Waals surface area contributed by atoms with Gasteiger partial charge >= 0.3 is 0 Å². The Morgan fingerprint density at radius 1 is 1.32 bits per heavy atom. The van der Waals surface area contributed by atoms with Gasteiger partial charge in [0.05, 0.1) is 12.2 Å². The molecule has 0 spiro atoms. The number of aromatic nitrogens is 1. The smallest absolute Gasteiger partial charge is 0.243 e. The minimum absolute atomic E-state index is 0.0886. The molecule has 6 nitrogen and oxygen atoms in total. The van der Waals surface area contributed by atoms with E-state index in [-0.39, 0.29) is 23.9 Å². The van der Waals surface area contributed by atoms with E-state index in [9.17, 15) is 14.7 Å². The van der Waals surface area contributed by atoms with E-state index in [4.69, 9.17) is 0 Å². The Morgan fingerprint density at radius 3 is 2.84 bits per heavy atom. The number of aromatic hydroxyl groups is 1. The topological polar surface area (TPSA) is 91.3 Å². The van der Waals surface area contributed by atoms with E-state index in [0.717, 1.165) is 5.39 Å². The van der Waals surface area contributed by atoms with Crippen molar-refractivity contribution in [3.8, 4) is 5.75 Å². The Labute approximate surface area is 109 Å². The third kappa shape index (κ3) is 2.98. The van der Waals surface area contributed by atoms with Crippen LogP contribution in [-0.4, -0.2) is 28.4 Å². The lowest BCUT2D eigenvalue weighted by Crippen LogP contribution is -2.31. The fourth-order valence-corrected chi connectivity index (χ4v) is 1.63. The molecular formula is C13H13N3O3. The van der Waals surface area contributed by atoms with Gasteiger partial charge in [-0.05, 0) is 12.1 Å². The molecule has 3 N–H and O–H groups in total. The highest BCUT2D eigenvalue weighted by atomic mass is 16.3. The number of fused-ring (bicyclic) bond motifs is 1. The number of hydrogen-bond donors (Lipinski definition) is 3. The van der Waals surface area contributed by atoms with Crippen molar-refractivity contribution in [1.29, 1.82) is 0 Å². The molecular weight excluding hydrogens is 246 g/mol. The highest BCUT2D eigenvalue weighted by Crippen LogP contribution is 2.30. The van der Waals surface area contributed by atoms with Crippen molar-refractivity contribution < 1.29 is 14.7 Å². The van der Waals surface area contributed by atoms with Gasteiger partial charge in [-0.25, -0.2) is 0 Å². The third-order valence-corrected chi connectivity index (χ3v) is 2.52. The van der Waals surface area contributed by atoms with Crippen LogP contribution in [0.2, 0.25) is 0 Å². The maximum Gasteiger partial charge on any atom is 0.243 e. The number of nitrogens with zero attached hydrogens (tertiary/aromatic N) is 1. The largest absolute Gasteiger partial charge is 0.504 e. The van der Waals surface area contributed by atoms with Crippen molar-refractivity contribution in [3.63, 3.8) is 0 Å². The van der Waals surface area contributed by atoms with Crippen molar-refractivity contribution in [1.82, 2.24) is 10.3 Å². The molecule has 2 rings (SSSR count). The van der Waals surface area contributed by atoms with E-state index < -0.39 is 5.91 Å². The number of pyridine rings is 1. The number of amides is 2. The fourth-order valence-electron chi connectivity index (χ4n) is 1.63. The minimum Gasteiger partial charge on any atom is -0.504 e. The van der Waals surface area contributed by atoms with Crippen molar-refractivity contribution in [2.24, 2.45) is 0 Å². The second kappa shape index (κ2) is 5.34. The van der Waals surface area contributed by atoms with Crippen LogP contribution >= 0.6 is 0 Å². The standard InChI is InChI=1S/C13H13N3O3/c1-8(17)15-7-11(18)16-10-5-4-9-3-2-6-14-12(9)13(10)19/h2-6,19H,7H2,1H3,(H,15,17)(H,16,18). The number of anilines is 1. The van der Waals surface area contributed by atoms with E-state index in [1.807, 2.05) is 6.07 Å². The molecule has 0 atom stereocenters. The third-order valence-electron chi connectivity index (χ3n) is 2.52. The molecule has 1 heterocycles. The molecule has 0 fully saturated rings. The predicted octanol–water partition coefficient (Wildman–Crippen LogP) is 1.01. The van der Waals surface area contributed by atoms with Gasteiger partial charge in [0.2, 0.25) is 11.8 Å². The summed E-state index contributed by atoms with van der Waals surface area (Å²) in [6.45, 7) is 1.18. The Hall–Kier alpha value is -2.63. The molecule has 0 saturated carbocycles. The Kier molecular flexibility index (Phi) is 3.61. The molecule has 0 saturated heterocycles. The summed E-state index contributed by atoms with van der Waals surface area (Å²) in [4.78, 5) is 26.3. The molecule has 1 aromatic heterocycles. The zero-order chi connectivity index (χ0) is 13.8. The molecule has 0 bridgehead atoms. The fraction of sp³-hybridized carbons (Fsp3) is 0.154. The molecule has 19 heavy (non-hydrogen) atoms. The summed E-state index contributed by atoms with van der Waals surface area (Å²) in [6.07, 6.45) is 1.56. The first-order chi connectivity index (χ1) is 9.08. The maximum atomic E-state index is 11.5. The minimum atomic E-state index is -0.416. The van der Waals surface area contributed by atoms with Crippen LogP contribution in [0.1, 0.15) is 6.92 Å². The van der Waals surface area contributed by atoms with Gasteiger partial charge in [-0.1, -0.05) is 12.1 Å². The van der Waals surface area contributed by atoms with Crippen LogP contribution < -0.4 is 10.6 Å². The van der Waals surface area contributed by atoms with Gasteiger partial charge in [-0.3, -0.25) is 14.6 Å². The average molecular weight is 259 g/mol. The van der Waals surface area contributed by atoms with Crippen LogP contribution in [0.15, 0.2) is 30.5 Å². The van der Waals surface area contributed by atoms with E-state index in [2.05, 4.69) is 15.6 Å². The number of phenolic OH excluding ortho intramolecular Hbond substituents is 1. The molecule has 0 aliphatic rings. The normalized spacial score (nSPS) is 10.2. The number of hydrogen-bond acceptors (Lipinski definition) is 4. The lowest BCUT2D eigenvalue weighted by atomic mass is 10.2. The number of benzene rings is 1. The summed E-state index contributed by atoms with van der Waals surface area (Å²) in [5.41, 5.74) is 0.682. The predicted molar refractivity (Wildman–Crippen MR) is 70.7 cm³/mol. The summed E-state index contributed by atoms with van der Waals surface area (Å²) in [5.74, 6) is -0.797. The zero-order valence-electron chi connectivity index (χ0n) is 10.3. The van der Waals surface area contributed by atoms with E-state index in [1.54, 1.807) is 24.4 Å². The molecule has 0 radical (unpaired) electrons. The molecule has 6 heteroatoms. The number of carbonyl (C=O) groups is 2. The molecule has 2 aromatic rings. The highest BCUT2D eigenvalue weighted by molar-refractivity contribution is 5.99. The van der Waals surface area contributed by atoms with Crippen LogP contribution in [0.5, 0.6) is 5.75 Å². The van der Waals surface area contributed by atoms with Gasteiger partial charge in [-0.2, -0.15) is 0 Å². The summed E-state index contributed by atoms with van der Waals surface area (Å²) >= 11 is 0. The Balaban J connectivity index is 2.19. The quantitative estimate of drug-likeness (QED) is 0.717. The number of carbonyl (C=O) groups excluding carboxylic acids is 2. The van der Waals surface area contributed by atoms with Crippen LogP contribution in [0.3, 0.4) is 0 Å². The Bertz CT molecular complexity index is 640. The number of phenols is 1. The number of rotatable bonds is 3. The monoisotopic (exact) mass is 259 g/mol. The first kappa shape index (κ1) is 12.8. The second-order valence-corrected chi connectivity index (χ2v) is 3.99. The summed E-state index contributed by atoms with van der Waals surface area (Å²) in [7, 11) is 0. The lowest BCUT2D eigenvalue weighted by molar-refractivity contribution is -0.122. The SMILES string of the molecule is CC(=O)NCC(=O)Nc1ccc2cccnc2c1O. The van der Waals surface area contributed by atoms with Gasteiger partial charge in [0.15, 0.2) is 5.75 Å². The van der Waals surface area contributed by atoms with E-state index in [0.29, 0.717) is 5.52 Å². The van der Waals surface area contributed by atoms with Crippen LogP contribution in [0, 0.1) is 0 Å². The summed E-state index contributed by atoms with van der Waals surface area (Å²) in [5, 5.41) is 15.7. The van der Waals surface area contributed by atoms with Crippen LogP contribution in [-0.2, 0) is 9.59 Å². The van der Waals surface area contributed by atoms with Gasteiger partial charge in [0.1, 0.15) is 5.52 Å². The van der Waals surface area contributed by atoms with Crippen molar-refractivity contribution >= 4 is 28.4 Å². The maximum absolute atomic E-state index is 11.5. The van der Waals surface area contributed by atoms with Gasteiger partial charge in [0.25, 0.3) is 0 Å². The van der Waals surface area contributed by atoms with E-state index in [1.165, 1.54) is 6.92 Å². The van der Waals surface area contributed by atoms with Crippen LogP contribution in [0.25, 0.3) is 10.9 Å². The van der Waals surface area contributed by atoms with Gasteiger partial charge < -0.3 is 15.7 Å². The molecule has 98 valence electrons. The molecule has 1 aromatic carbocycles. The lowest BCUT2D eigenvalue weighted by Gasteiger charge is -2.09. The van der Waals surface area contributed by atoms with Crippen LogP contribution in [0.4, 0.5) is 5.69 Å². The molecule has 0 aliphatic carbocycles. The zero-order valence-corrected chi connectivity index (χ0v) is 10.3. The highest BCUT2D eigenvalue weighted by Gasteiger charge is 2.10. The Morgan fingerprint density at radius 2 is 2.11 bits per heavy atom. The van der Waals surface area contributed by atoms with Crippen molar-refractivity contribution in [3.05, 3.63) is 30.5 Å². The average Bonchev–Trinajstić information content (AvgIpc) is 2.40. The van der Waals surface area contributed by atoms with Gasteiger partial charge in [0, 0.05) is 18.5 Å². The summed E-state index contributed by atoms with van der Waals surface area (Å²) in [6, 6.07) is 6.91. The van der Waals surface area contributed by atoms with Crippen molar-refractivity contribution in [2.45, 2.75) is 6.92 Å². The second-order valence-electron chi connectivity index (χ2n) is 3.99. The summed E-state index contributed by atoms with van der Waals surface area (Å²) < 4.78 is 0. The number of nitrogens with one attached hydrogen (secondary N) is 2. The molecule has 2 amide bonds. The van der Waals surface area contributed by atoms with Crippen molar-refractivity contribution in [2.75, 3.05) is 11.9 Å². The van der Waals surface area contributed by atoms with Gasteiger partial charge in [-0.15, -0.1) is 0 Å². The molecule has 0 aliphatic heterocycles.